The van der Waals surface area contributed by atoms with Crippen molar-refractivity contribution in [1.29, 1.82) is 0 Å². The van der Waals surface area contributed by atoms with Crippen LogP contribution in [0.1, 0.15) is 87.5 Å². The highest BCUT2D eigenvalue weighted by molar-refractivity contribution is 6.48. The van der Waals surface area contributed by atoms with Crippen molar-refractivity contribution in [3.05, 3.63) is 12.2 Å². The van der Waals surface area contributed by atoms with Crippen LogP contribution in [-0.2, 0) is 18.6 Å². The molecule has 6 heteroatoms. The van der Waals surface area contributed by atoms with Gasteiger partial charge in [0.05, 0.1) is 22.4 Å². The van der Waals surface area contributed by atoms with Crippen LogP contribution in [0, 0.1) is 5.92 Å². The lowest BCUT2D eigenvalue weighted by molar-refractivity contribution is 0.00578. The summed E-state index contributed by atoms with van der Waals surface area (Å²) in [4.78, 5) is 0. The van der Waals surface area contributed by atoms with Crippen molar-refractivity contribution in [2.75, 3.05) is 0 Å². The van der Waals surface area contributed by atoms with Crippen molar-refractivity contribution in [1.82, 2.24) is 0 Å². The summed E-state index contributed by atoms with van der Waals surface area (Å²) >= 11 is 0. The first kappa shape index (κ1) is 22.4. The molecule has 0 radical (unpaired) electrons. The molecule has 3 rings (SSSR count). The number of hydrogen-bond donors (Lipinski definition) is 0. The number of allylic oxidation sites excluding steroid dienone is 2. The summed E-state index contributed by atoms with van der Waals surface area (Å²) in [6.07, 6.45) is 11.8. The van der Waals surface area contributed by atoms with Crippen molar-refractivity contribution in [2.24, 2.45) is 5.92 Å². The van der Waals surface area contributed by atoms with Crippen molar-refractivity contribution < 1.29 is 18.6 Å². The van der Waals surface area contributed by atoms with Gasteiger partial charge in [0.15, 0.2) is 0 Å². The lowest BCUT2D eigenvalue weighted by Gasteiger charge is -2.32. The average Bonchev–Trinajstić information content (AvgIpc) is 2.91. The molecule has 1 atom stereocenters. The third kappa shape index (κ3) is 4.40. The molecular weight excluding hydrogens is 350 g/mol. The Hall–Kier alpha value is -0.290. The van der Waals surface area contributed by atoms with Crippen LogP contribution in [0.4, 0.5) is 0 Å². The second-order valence-electron chi connectivity index (χ2n) is 10.9. The molecule has 2 heterocycles. The molecule has 0 aromatic heterocycles. The summed E-state index contributed by atoms with van der Waals surface area (Å²) in [7, 11) is -0.366. The maximum atomic E-state index is 6.43. The average molecular weight is 390 g/mol. The highest BCUT2D eigenvalue weighted by Gasteiger charge is 2.54. The van der Waals surface area contributed by atoms with Crippen LogP contribution in [0.25, 0.3) is 0 Å². The van der Waals surface area contributed by atoms with E-state index in [0.29, 0.717) is 5.92 Å². The smallest absolute Gasteiger partial charge is 0.403 e. The lowest BCUT2D eigenvalue weighted by atomic mass is 9.61. The van der Waals surface area contributed by atoms with Crippen LogP contribution < -0.4 is 0 Å². The molecular formula is C22H40B2O4. The third-order valence-corrected chi connectivity index (χ3v) is 7.77. The molecule has 1 saturated carbocycles. The zero-order valence-electron chi connectivity index (χ0n) is 19.3. The molecule has 0 bridgehead atoms. The van der Waals surface area contributed by atoms with E-state index >= 15 is 0 Å². The van der Waals surface area contributed by atoms with Gasteiger partial charge in [-0.3, -0.25) is 0 Å². The molecule has 0 aromatic carbocycles. The van der Waals surface area contributed by atoms with Gasteiger partial charge in [-0.2, -0.15) is 0 Å². The van der Waals surface area contributed by atoms with E-state index in [-0.39, 0.29) is 42.5 Å². The predicted molar refractivity (Wildman–Crippen MR) is 116 cm³/mol. The molecule has 3 aliphatic rings. The minimum Gasteiger partial charge on any atom is -0.403 e. The van der Waals surface area contributed by atoms with E-state index in [4.69, 9.17) is 18.6 Å². The van der Waals surface area contributed by atoms with E-state index in [1.807, 2.05) is 0 Å². The van der Waals surface area contributed by atoms with Crippen LogP contribution in [-0.4, -0.2) is 36.6 Å². The standard InChI is InChI=1S/C22H40B2O4/c1-19(2)20(3,4)26-23(25-19)16-12-15-18(17-13-10-9-11-14-17)24-27-21(5,6)22(7,8)28-24/h12,15,17-18H,9-11,13-14,16H2,1-8H3/b15-12-/t18-/m0/s1. The topological polar surface area (TPSA) is 36.9 Å². The molecule has 3 fully saturated rings. The van der Waals surface area contributed by atoms with Gasteiger partial charge in [0.2, 0.25) is 0 Å². The lowest BCUT2D eigenvalue weighted by Crippen LogP contribution is -2.41. The van der Waals surface area contributed by atoms with Crippen molar-refractivity contribution in [3.8, 4) is 0 Å². The number of rotatable bonds is 5. The zero-order valence-corrected chi connectivity index (χ0v) is 19.3. The Bertz CT molecular complexity index is 547. The van der Waals surface area contributed by atoms with Gasteiger partial charge in [0, 0.05) is 12.1 Å². The van der Waals surface area contributed by atoms with Crippen molar-refractivity contribution >= 4 is 14.2 Å². The van der Waals surface area contributed by atoms with E-state index in [1.165, 1.54) is 32.1 Å². The molecule has 158 valence electrons. The molecule has 2 aliphatic heterocycles. The maximum Gasteiger partial charge on any atom is 0.465 e. The van der Waals surface area contributed by atoms with Crippen LogP contribution in [0.3, 0.4) is 0 Å². The Balaban J connectivity index is 1.69. The molecule has 4 nitrogen and oxygen atoms in total. The second kappa shape index (κ2) is 7.76. The summed E-state index contributed by atoms with van der Waals surface area (Å²) in [5.74, 6) is 0.904. The highest BCUT2D eigenvalue weighted by Crippen LogP contribution is 2.45. The van der Waals surface area contributed by atoms with Crippen LogP contribution >= 0.6 is 0 Å². The second-order valence-corrected chi connectivity index (χ2v) is 10.9. The molecule has 28 heavy (non-hydrogen) atoms. The van der Waals surface area contributed by atoms with Crippen LogP contribution in [0.2, 0.25) is 12.1 Å². The maximum absolute atomic E-state index is 6.43. The summed E-state index contributed by atoms with van der Waals surface area (Å²) < 4.78 is 25.2. The van der Waals surface area contributed by atoms with Gasteiger partial charge in [-0.15, -0.1) is 0 Å². The predicted octanol–water partition coefficient (Wildman–Crippen LogP) is 5.68. The van der Waals surface area contributed by atoms with E-state index in [0.717, 1.165) is 6.32 Å². The summed E-state index contributed by atoms with van der Waals surface area (Å²) in [5, 5.41) is 0. The molecule has 0 spiro atoms. The van der Waals surface area contributed by atoms with E-state index in [2.05, 4.69) is 67.5 Å². The van der Waals surface area contributed by atoms with Gasteiger partial charge in [0.25, 0.3) is 0 Å². The Morgan fingerprint density at radius 3 is 1.71 bits per heavy atom. The first-order valence-electron chi connectivity index (χ1n) is 11.2. The first-order valence-corrected chi connectivity index (χ1v) is 11.2. The Morgan fingerprint density at radius 2 is 1.21 bits per heavy atom. The molecule has 2 saturated heterocycles. The molecule has 0 N–H and O–H groups in total. The minimum atomic E-state index is -0.288. The normalized spacial score (nSPS) is 30.3. The SMILES string of the molecule is CC1(C)OB(C/C=C\[C@H](B2OC(C)(C)C(C)(C)O2)C2CCCCC2)OC1(C)C. The van der Waals surface area contributed by atoms with E-state index in [1.54, 1.807) is 0 Å². The Labute approximate surface area is 173 Å². The zero-order chi connectivity index (χ0) is 20.8. The first-order chi connectivity index (χ1) is 12.8. The fourth-order valence-corrected chi connectivity index (χ4v) is 4.44. The van der Waals surface area contributed by atoms with Crippen molar-refractivity contribution in [2.45, 2.75) is 122 Å². The van der Waals surface area contributed by atoms with Crippen LogP contribution in [0.15, 0.2) is 12.2 Å². The van der Waals surface area contributed by atoms with Crippen molar-refractivity contribution in [3.63, 3.8) is 0 Å². The minimum absolute atomic E-state index is 0.178. The fourth-order valence-electron chi connectivity index (χ4n) is 4.44. The van der Waals surface area contributed by atoms with Gasteiger partial charge in [0.1, 0.15) is 0 Å². The Morgan fingerprint density at radius 1 is 0.750 bits per heavy atom. The van der Waals surface area contributed by atoms with Gasteiger partial charge in [-0.1, -0.05) is 44.3 Å². The number of hydrogen-bond acceptors (Lipinski definition) is 4. The van der Waals surface area contributed by atoms with E-state index < -0.39 is 0 Å². The third-order valence-electron chi connectivity index (χ3n) is 7.77. The molecule has 0 amide bonds. The quantitative estimate of drug-likeness (QED) is 0.447. The van der Waals surface area contributed by atoms with Gasteiger partial charge >= 0.3 is 14.2 Å². The van der Waals surface area contributed by atoms with Gasteiger partial charge in [-0.25, -0.2) is 0 Å². The van der Waals surface area contributed by atoms with E-state index in [9.17, 15) is 0 Å². The Kier molecular flexibility index (Phi) is 6.20. The summed E-state index contributed by atoms with van der Waals surface area (Å²) in [5.41, 5.74) is -1.13. The molecule has 0 unspecified atom stereocenters. The summed E-state index contributed by atoms with van der Waals surface area (Å²) in [6.45, 7) is 17.0. The van der Waals surface area contributed by atoms with Gasteiger partial charge in [-0.05, 0) is 61.3 Å². The molecule has 1 aliphatic carbocycles. The highest BCUT2D eigenvalue weighted by atomic mass is 16.7. The summed E-state index contributed by atoms with van der Waals surface area (Å²) in [6, 6.07) is 0. The monoisotopic (exact) mass is 390 g/mol. The van der Waals surface area contributed by atoms with Crippen LogP contribution in [0.5, 0.6) is 0 Å². The largest absolute Gasteiger partial charge is 0.465 e. The van der Waals surface area contributed by atoms with Gasteiger partial charge < -0.3 is 18.6 Å². The molecule has 0 aromatic rings. The fraction of sp³-hybridized carbons (Fsp3) is 0.909.